The first-order valence-electron chi connectivity index (χ1n) is 2.77. The minimum absolute atomic E-state index is 0.437. The molecule has 0 bridgehead atoms. The van der Waals surface area contributed by atoms with E-state index in [2.05, 4.69) is 6.92 Å². The van der Waals surface area contributed by atoms with Crippen LogP contribution in [0.4, 0.5) is 0 Å². The molecule has 0 aliphatic carbocycles. The SMILES string of the molecule is CCCC[C](Cl)C=O. The van der Waals surface area contributed by atoms with E-state index in [1.165, 1.54) is 0 Å². The van der Waals surface area contributed by atoms with Crippen LogP contribution in [0.2, 0.25) is 0 Å². The molecule has 0 amide bonds. The van der Waals surface area contributed by atoms with Gasteiger partial charge in [0.2, 0.25) is 0 Å². The van der Waals surface area contributed by atoms with Crippen LogP contribution in [-0.2, 0) is 4.79 Å². The van der Waals surface area contributed by atoms with Gasteiger partial charge in [0, 0.05) is 0 Å². The summed E-state index contributed by atoms with van der Waals surface area (Å²) in [5.41, 5.74) is 0. The summed E-state index contributed by atoms with van der Waals surface area (Å²) in [5, 5.41) is 0.437. The number of hydrogen-bond donors (Lipinski definition) is 0. The first kappa shape index (κ1) is 7.96. The highest BCUT2D eigenvalue weighted by Gasteiger charge is 1.99. The van der Waals surface area contributed by atoms with Gasteiger partial charge in [0.15, 0.2) is 0 Å². The fourth-order valence-corrected chi connectivity index (χ4v) is 0.538. The van der Waals surface area contributed by atoms with E-state index in [4.69, 9.17) is 11.6 Å². The van der Waals surface area contributed by atoms with Crippen LogP contribution in [0.5, 0.6) is 0 Å². The van der Waals surface area contributed by atoms with Crippen LogP contribution in [0.15, 0.2) is 0 Å². The van der Waals surface area contributed by atoms with Crippen molar-refractivity contribution in [1.82, 2.24) is 0 Å². The quantitative estimate of drug-likeness (QED) is 0.537. The number of rotatable bonds is 4. The third-order valence-corrected chi connectivity index (χ3v) is 1.18. The summed E-state index contributed by atoms with van der Waals surface area (Å²) < 4.78 is 0. The van der Waals surface area contributed by atoms with E-state index in [0.29, 0.717) is 11.7 Å². The van der Waals surface area contributed by atoms with Crippen molar-refractivity contribution in [1.29, 1.82) is 0 Å². The third-order valence-electron chi connectivity index (χ3n) is 0.897. The molecule has 0 aromatic rings. The molecule has 0 aliphatic heterocycles. The third kappa shape index (κ3) is 4.13. The Kier molecular flexibility index (Phi) is 5.08. The van der Waals surface area contributed by atoms with E-state index in [1.807, 2.05) is 0 Å². The monoisotopic (exact) mass is 133 g/mol. The lowest BCUT2D eigenvalue weighted by molar-refractivity contribution is -0.105. The van der Waals surface area contributed by atoms with E-state index in [0.717, 1.165) is 19.3 Å². The number of carbonyl (C=O) groups excluding carboxylic acids is 1. The van der Waals surface area contributed by atoms with Gasteiger partial charge < -0.3 is 4.79 Å². The predicted octanol–water partition coefficient (Wildman–Crippen LogP) is 2.15. The van der Waals surface area contributed by atoms with Crippen LogP contribution in [0, 0.1) is 5.38 Å². The molecule has 0 aromatic carbocycles. The molecule has 0 heterocycles. The van der Waals surface area contributed by atoms with Crippen molar-refractivity contribution >= 4 is 17.9 Å². The molecule has 0 unspecified atom stereocenters. The maximum absolute atomic E-state index is 9.84. The fraction of sp³-hybridized carbons (Fsp3) is 0.667. The summed E-state index contributed by atoms with van der Waals surface area (Å²) in [7, 11) is 0. The van der Waals surface area contributed by atoms with Gasteiger partial charge in [0.25, 0.3) is 0 Å². The lowest BCUT2D eigenvalue weighted by atomic mass is 10.2. The molecule has 0 aromatic heterocycles. The van der Waals surface area contributed by atoms with Crippen LogP contribution in [0.3, 0.4) is 0 Å². The van der Waals surface area contributed by atoms with E-state index < -0.39 is 0 Å². The number of unbranched alkanes of at least 4 members (excludes halogenated alkanes) is 1. The zero-order valence-corrected chi connectivity index (χ0v) is 5.74. The van der Waals surface area contributed by atoms with Gasteiger partial charge in [-0.2, -0.15) is 0 Å². The van der Waals surface area contributed by atoms with Crippen LogP contribution >= 0.6 is 11.6 Å². The minimum Gasteiger partial charge on any atom is -0.301 e. The Morgan fingerprint density at radius 1 is 1.75 bits per heavy atom. The molecule has 0 fully saturated rings. The molecule has 0 saturated carbocycles. The molecule has 0 saturated heterocycles. The second-order valence-electron chi connectivity index (χ2n) is 1.67. The highest BCUT2D eigenvalue weighted by atomic mass is 35.5. The van der Waals surface area contributed by atoms with Gasteiger partial charge in [-0.3, -0.25) is 0 Å². The lowest BCUT2D eigenvalue weighted by Gasteiger charge is -1.94. The van der Waals surface area contributed by atoms with Gasteiger partial charge >= 0.3 is 0 Å². The van der Waals surface area contributed by atoms with Crippen LogP contribution < -0.4 is 0 Å². The van der Waals surface area contributed by atoms with E-state index in [9.17, 15) is 4.79 Å². The van der Waals surface area contributed by atoms with Crippen molar-refractivity contribution in [2.24, 2.45) is 0 Å². The van der Waals surface area contributed by atoms with Crippen LogP contribution in [-0.4, -0.2) is 6.29 Å². The van der Waals surface area contributed by atoms with Crippen LogP contribution in [0.1, 0.15) is 26.2 Å². The summed E-state index contributed by atoms with van der Waals surface area (Å²) in [6.07, 6.45) is 3.54. The standard InChI is InChI=1S/C6H10ClO/c1-2-3-4-6(7)5-8/h5H,2-4H2,1H3. The van der Waals surface area contributed by atoms with Gasteiger partial charge in [-0.15, -0.1) is 11.6 Å². The van der Waals surface area contributed by atoms with Crippen molar-refractivity contribution in [2.75, 3.05) is 0 Å². The molecular formula is C6H10ClO. The molecule has 0 rings (SSSR count). The average molecular weight is 134 g/mol. The van der Waals surface area contributed by atoms with Gasteiger partial charge in [-0.25, -0.2) is 0 Å². The summed E-state index contributed by atoms with van der Waals surface area (Å²) in [6.45, 7) is 2.06. The Balaban J connectivity index is 2.98. The highest BCUT2D eigenvalue weighted by molar-refractivity contribution is 6.35. The zero-order valence-electron chi connectivity index (χ0n) is 4.98. The zero-order chi connectivity index (χ0) is 6.41. The smallest absolute Gasteiger partial charge is 0.143 e. The van der Waals surface area contributed by atoms with Crippen molar-refractivity contribution in [2.45, 2.75) is 26.2 Å². The second kappa shape index (κ2) is 5.10. The molecule has 47 valence electrons. The summed E-state index contributed by atoms with van der Waals surface area (Å²) in [5.74, 6) is 0. The summed E-state index contributed by atoms with van der Waals surface area (Å²) in [4.78, 5) is 9.84. The van der Waals surface area contributed by atoms with Crippen molar-refractivity contribution < 1.29 is 4.79 Å². The molecule has 0 atom stereocenters. The maximum Gasteiger partial charge on any atom is 0.143 e. The largest absolute Gasteiger partial charge is 0.301 e. The van der Waals surface area contributed by atoms with Gasteiger partial charge in [-0.1, -0.05) is 19.8 Å². The molecule has 0 aliphatic rings. The van der Waals surface area contributed by atoms with Crippen molar-refractivity contribution in [3.63, 3.8) is 0 Å². The minimum atomic E-state index is 0.437. The van der Waals surface area contributed by atoms with Crippen LogP contribution in [0.25, 0.3) is 0 Å². The Hall–Kier alpha value is -0.0400. The molecule has 8 heavy (non-hydrogen) atoms. The number of aldehydes is 1. The van der Waals surface area contributed by atoms with Gasteiger partial charge in [0.05, 0.1) is 0 Å². The summed E-state index contributed by atoms with van der Waals surface area (Å²) in [6, 6.07) is 0. The predicted molar refractivity (Wildman–Crippen MR) is 34.7 cm³/mol. The molecule has 0 N–H and O–H groups in total. The fourth-order valence-electron chi connectivity index (χ4n) is 0.405. The molecule has 2 heteroatoms. The average Bonchev–Trinajstić information content (AvgIpc) is 1.83. The Morgan fingerprint density at radius 2 is 2.38 bits per heavy atom. The van der Waals surface area contributed by atoms with Crippen molar-refractivity contribution in [3.05, 3.63) is 5.38 Å². The first-order chi connectivity index (χ1) is 3.81. The van der Waals surface area contributed by atoms with E-state index in [1.54, 1.807) is 0 Å². The molecule has 1 radical (unpaired) electrons. The lowest BCUT2D eigenvalue weighted by Crippen LogP contribution is -1.87. The van der Waals surface area contributed by atoms with Crippen molar-refractivity contribution in [3.8, 4) is 0 Å². The Labute approximate surface area is 55.0 Å². The second-order valence-corrected chi connectivity index (χ2v) is 2.15. The number of carbonyl (C=O) groups is 1. The van der Waals surface area contributed by atoms with E-state index >= 15 is 0 Å². The normalized spacial score (nSPS) is 9.88. The number of halogens is 1. The maximum atomic E-state index is 9.84. The number of hydrogen-bond acceptors (Lipinski definition) is 1. The molecule has 0 spiro atoms. The first-order valence-corrected chi connectivity index (χ1v) is 3.15. The topological polar surface area (TPSA) is 17.1 Å². The molecule has 1 nitrogen and oxygen atoms in total. The summed E-state index contributed by atoms with van der Waals surface area (Å²) >= 11 is 5.39. The Morgan fingerprint density at radius 3 is 2.75 bits per heavy atom. The Bertz CT molecular complexity index is 63.5. The van der Waals surface area contributed by atoms with Gasteiger partial charge in [-0.05, 0) is 6.42 Å². The highest BCUT2D eigenvalue weighted by Crippen LogP contribution is 2.11. The molecular weight excluding hydrogens is 124 g/mol. The van der Waals surface area contributed by atoms with E-state index in [-0.39, 0.29) is 0 Å². The van der Waals surface area contributed by atoms with Gasteiger partial charge in [0.1, 0.15) is 11.7 Å².